The highest BCUT2D eigenvalue weighted by Crippen LogP contribution is 2.22. The summed E-state index contributed by atoms with van der Waals surface area (Å²) >= 11 is 0. The minimum Gasteiger partial charge on any atom is -0.375 e. The Morgan fingerprint density at radius 1 is 1.48 bits per heavy atom. The predicted molar refractivity (Wildman–Crippen MR) is 79.4 cm³/mol. The molecule has 21 heavy (non-hydrogen) atoms. The molecule has 1 unspecified atom stereocenters. The van der Waals surface area contributed by atoms with Gasteiger partial charge in [0.1, 0.15) is 0 Å². The van der Waals surface area contributed by atoms with Crippen LogP contribution in [-0.4, -0.2) is 49.5 Å². The van der Waals surface area contributed by atoms with Crippen molar-refractivity contribution in [1.29, 1.82) is 0 Å². The topological polar surface area (TPSA) is 74.4 Å². The van der Waals surface area contributed by atoms with E-state index in [0.717, 1.165) is 12.1 Å². The van der Waals surface area contributed by atoms with Gasteiger partial charge in [-0.05, 0) is 25.3 Å². The maximum atomic E-state index is 12.6. The first-order chi connectivity index (χ1) is 10.1. The van der Waals surface area contributed by atoms with E-state index >= 15 is 0 Å². The van der Waals surface area contributed by atoms with Gasteiger partial charge in [-0.15, -0.1) is 0 Å². The molecule has 1 atom stereocenters. The SMILES string of the molecule is CCC1CN(S(=O)(=O)c2c[nH]c(CNC3CC3)c2)CCO1. The van der Waals surface area contributed by atoms with Crippen molar-refractivity contribution in [2.24, 2.45) is 0 Å². The van der Waals surface area contributed by atoms with Crippen LogP contribution in [0.3, 0.4) is 0 Å². The molecule has 2 aliphatic rings. The number of nitrogens with zero attached hydrogens (tertiary/aromatic N) is 1. The highest BCUT2D eigenvalue weighted by Gasteiger charge is 2.30. The summed E-state index contributed by atoms with van der Waals surface area (Å²) in [7, 11) is -3.41. The van der Waals surface area contributed by atoms with Crippen LogP contribution in [0.25, 0.3) is 0 Å². The van der Waals surface area contributed by atoms with Crippen molar-refractivity contribution < 1.29 is 13.2 Å². The number of aromatic nitrogens is 1. The molecule has 2 heterocycles. The zero-order chi connectivity index (χ0) is 14.9. The van der Waals surface area contributed by atoms with Crippen LogP contribution in [0, 0.1) is 0 Å². The molecule has 1 saturated carbocycles. The largest absolute Gasteiger partial charge is 0.375 e. The zero-order valence-electron chi connectivity index (χ0n) is 12.3. The van der Waals surface area contributed by atoms with Gasteiger partial charge in [0.15, 0.2) is 0 Å². The van der Waals surface area contributed by atoms with Crippen LogP contribution < -0.4 is 5.32 Å². The number of rotatable bonds is 6. The van der Waals surface area contributed by atoms with Crippen LogP contribution in [0.1, 0.15) is 31.9 Å². The molecule has 7 heteroatoms. The molecule has 118 valence electrons. The molecule has 2 fully saturated rings. The highest BCUT2D eigenvalue weighted by molar-refractivity contribution is 7.89. The second-order valence-corrected chi connectivity index (χ2v) is 7.72. The Morgan fingerprint density at radius 2 is 2.29 bits per heavy atom. The van der Waals surface area contributed by atoms with Crippen LogP contribution >= 0.6 is 0 Å². The second-order valence-electron chi connectivity index (χ2n) is 5.78. The fourth-order valence-corrected chi connectivity index (χ4v) is 3.99. The smallest absolute Gasteiger partial charge is 0.244 e. The van der Waals surface area contributed by atoms with Crippen molar-refractivity contribution in [3.63, 3.8) is 0 Å². The number of ether oxygens (including phenoxy) is 1. The number of morpholine rings is 1. The third-order valence-corrected chi connectivity index (χ3v) is 5.91. The molecule has 1 aliphatic heterocycles. The Morgan fingerprint density at radius 3 is 3.00 bits per heavy atom. The molecule has 0 radical (unpaired) electrons. The summed E-state index contributed by atoms with van der Waals surface area (Å²) in [6.07, 6.45) is 4.87. The van der Waals surface area contributed by atoms with E-state index < -0.39 is 10.0 Å². The lowest BCUT2D eigenvalue weighted by Crippen LogP contribution is -2.45. The van der Waals surface area contributed by atoms with Gasteiger partial charge in [-0.1, -0.05) is 6.92 Å². The summed E-state index contributed by atoms with van der Waals surface area (Å²) in [5, 5.41) is 3.37. The number of hydrogen-bond acceptors (Lipinski definition) is 4. The fourth-order valence-electron chi connectivity index (χ4n) is 2.52. The van der Waals surface area contributed by atoms with E-state index in [2.05, 4.69) is 10.3 Å². The fraction of sp³-hybridized carbons (Fsp3) is 0.714. The number of nitrogens with one attached hydrogen (secondary N) is 2. The molecule has 6 nitrogen and oxygen atoms in total. The molecule has 1 aliphatic carbocycles. The van der Waals surface area contributed by atoms with Gasteiger partial charge in [0.2, 0.25) is 10.0 Å². The first kappa shape index (κ1) is 15.0. The van der Waals surface area contributed by atoms with Crippen molar-refractivity contribution in [3.05, 3.63) is 18.0 Å². The van der Waals surface area contributed by atoms with Crippen LogP contribution in [-0.2, 0) is 21.3 Å². The van der Waals surface area contributed by atoms with Crippen LogP contribution in [0.5, 0.6) is 0 Å². The van der Waals surface area contributed by atoms with Crippen LogP contribution in [0.4, 0.5) is 0 Å². The number of sulfonamides is 1. The summed E-state index contributed by atoms with van der Waals surface area (Å²) in [4.78, 5) is 3.41. The average Bonchev–Trinajstić information content (AvgIpc) is 3.21. The van der Waals surface area contributed by atoms with Crippen molar-refractivity contribution >= 4 is 10.0 Å². The third kappa shape index (κ3) is 3.48. The lowest BCUT2D eigenvalue weighted by Gasteiger charge is -2.31. The minimum absolute atomic E-state index is 0.00321. The summed E-state index contributed by atoms with van der Waals surface area (Å²) < 4.78 is 32.4. The molecule has 1 aromatic rings. The van der Waals surface area contributed by atoms with Gasteiger partial charge < -0.3 is 15.0 Å². The summed E-state index contributed by atoms with van der Waals surface area (Å²) in [6, 6.07) is 2.35. The average molecular weight is 313 g/mol. The van der Waals surface area contributed by atoms with E-state index in [1.807, 2.05) is 6.92 Å². The Bertz CT molecular complexity index is 580. The van der Waals surface area contributed by atoms with Gasteiger partial charge in [-0.25, -0.2) is 8.42 Å². The minimum atomic E-state index is -3.41. The molecule has 2 N–H and O–H groups in total. The van der Waals surface area contributed by atoms with Crippen LogP contribution in [0.15, 0.2) is 17.2 Å². The van der Waals surface area contributed by atoms with Crippen molar-refractivity contribution in [2.75, 3.05) is 19.7 Å². The first-order valence-electron chi connectivity index (χ1n) is 7.62. The van der Waals surface area contributed by atoms with Gasteiger partial charge in [-0.2, -0.15) is 4.31 Å². The van der Waals surface area contributed by atoms with Gasteiger partial charge in [0.05, 0.1) is 17.6 Å². The van der Waals surface area contributed by atoms with Crippen molar-refractivity contribution in [1.82, 2.24) is 14.6 Å². The van der Waals surface area contributed by atoms with E-state index in [9.17, 15) is 8.42 Å². The van der Waals surface area contributed by atoms with Crippen molar-refractivity contribution in [3.8, 4) is 0 Å². The number of hydrogen-bond donors (Lipinski definition) is 2. The summed E-state index contributed by atoms with van der Waals surface area (Å²) in [5.74, 6) is 0. The normalized spacial score (nSPS) is 24.3. The summed E-state index contributed by atoms with van der Waals surface area (Å²) in [5.41, 5.74) is 0.917. The molecule has 0 bridgehead atoms. The molecule has 1 aromatic heterocycles. The van der Waals surface area contributed by atoms with Gasteiger partial charge >= 0.3 is 0 Å². The van der Waals surface area contributed by atoms with Crippen molar-refractivity contribution in [2.45, 2.75) is 49.8 Å². The monoisotopic (exact) mass is 313 g/mol. The maximum Gasteiger partial charge on any atom is 0.244 e. The second kappa shape index (κ2) is 6.08. The predicted octanol–water partition coefficient (Wildman–Crippen LogP) is 1.07. The van der Waals surface area contributed by atoms with E-state index in [-0.39, 0.29) is 6.10 Å². The summed E-state index contributed by atoms with van der Waals surface area (Å²) in [6.45, 7) is 4.05. The van der Waals surface area contributed by atoms with E-state index in [1.54, 1.807) is 12.3 Å². The van der Waals surface area contributed by atoms with Crippen LogP contribution in [0.2, 0.25) is 0 Å². The Hall–Kier alpha value is -0.890. The quantitative estimate of drug-likeness (QED) is 0.824. The number of aromatic amines is 1. The van der Waals surface area contributed by atoms with E-state index in [4.69, 9.17) is 4.74 Å². The number of H-pyrrole nitrogens is 1. The Kier molecular flexibility index (Phi) is 4.35. The Balaban J connectivity index is 1.68. The van der Waals surface area contributed by atoms with Gasteiger partial charge in [-0.3, -0.25) is 0 Å². The van der Waals surface area contributed by atoms with Gasteiger partial charge in [0.25, 0.3) is 0 Å². The molecule has 0 aromatic carbocycles. The van der Waals surface area contributed by atoms with Gasteiger partial charge in [0, 0.05) is 37.6 Å². The third-order valence-electron chi connectivity index (χ3n) is 4.07. The van der Waals surface area contributed by atoms with E-state index in [1.165, 1.54) is 17.1 Å². The molecule has 0 amide bonds. The standard InChI is InChI=1S/C14H23N3O3S/c1-2-13-10-17(5-6-20-13)21(18,19)14-7-12(16-9-14)8-15-11-3-4-11/h7,9,11,13,15-16H,2-6,8,10H2,1H3. The molecule has 1 saturated heterocycles. The Labute approximate surface area is 125 Å². The lowest BCUT2D eigenvalue weighted by molar-refractivity contribution is -0.00277. The molecular weight excluding hydrogens is 290 g/mol. The van der Waals surface area contributed by atoms with E-state index in [0.29, 0.717) is 37.2 Å². The highest BCUT2D eigenvalue weighted by atomic mass is 32.2. The molecular formula is C14H23N3O3S. The zero-order valence-corrected chi connectivity index (χ0v) is 13.2. The molecule has 3 rings (SSSR count). The first-order valence-corrected chi connectivity index (χ1v) is 9.06. The maximum absolute atomic E-state index is 12.6. The molecule has 0 spiro atoms. The lowest BCUT2D eigenvalue weighted by atomic mass is 10.2.